The SMILES string of the molecule is C=C(CC(=O)OC)[C@@H]1N=C(c2ccccn2)c2cc(Br)ccc2N=C1OP(=O)(N1CCOCC1)N1CCOCC1. The number of morpholine rings is 2. The van der Waals surface area contributed by atoms with Crippen molar-refractivity contribution in [2.24, 2.45) is 9.98 Å². The summed E-state index contributed by atoms with van der Waals surface area (Å²) < 4.78 is 41.9. The van der Waals surface area contributed by atoms with Gasteiger partial charge in [-0.05, 0) is 35.9 Å². The Balaban J connectivity index is 1.65. The van der Waals surface area contributed by atoms with Crippen molar-refractivity contribution >= 4 is 46.9 Å². The summed E-state index contributed by atoms with van der Waals surface area (Å²) >= 11 is 3.55. The first-order chi connectivity index (χ1) is 19.4. The van der Waals surface area contributed by atoms with E-state index in [1.165, 1.54) is 7.11 Å². The third-order valence-corrected chi connectivity index (χ3v) is 9.88. The smallest absolute Gasteiger partial charge is 0.397 e. The van der Waals surface area contributed by atoms with Gasteiger partial charge in [-0.2, -0.15) is 0 Å². The molecule has 40 heavy (non-hydrogen) atoms. The van der Waals surface area contributed by atoms with Gasteiger partial charge in [0, 0.05) is 42.4 Å². The highest BCUT2D eigenvalue weighted by Gasteiger charge is 2.44. The lowest BCUT2D eigenvalue weighted by Crippen LogP contribution is -2.45. The number of pyridine rings is 1. The fourth-order valence-electron chi connectivity index (χ4n) is 4.66. The normalized spacial score (nSPS) is 20.5. The Kier molecular flexibility index (Phi) is 9.24. The molecule has 2 saturated heterocycles. The molecule has 0 N–H and O–H groups in total. The number of nitrogens with zero attached hydrogens (tertiary/aromatic N) is 5. The first kappa shape index (κ1) is 28.8. The second kappa shape index (κ2) is 12.8. The Labute approximate surface area is 241 Å². The maximum atomic E-state index is 14.9. The van der Waals surface area contributed by atoms with Gasteiger partial charge in [-0.1, -0.05) is 28.6 Å². The van der Waals surface area contributed by atoms with Gasteiger partial charge >= 0.3 is 13.6 Å². The summed E-state index contributed by atoms with van der Waals surface area (Å²) in [5, 5.41) is 0. The molecule has 11 nitrogen and oxygen atoms in total. The van der Waals surface area contributed by atoms with E-state index in [0.717, 1.165) is 4.47 Å². The maximum Gasteiger partial charge on any atom is 0.397 e. The van der Waals surface area contributed by atoms with E-state index in [9.17, 15) is 9.36 Å². The highest BCUT2D eigenvalue weighted by molar-refractivity contribution is 9.10. The molecule has 0 radical (unpaired) electrons. The minimum Gasteiger partial charge on any atom is -0.469 e. The molecular formula is C27H31BrN5O6P. The molecular weight excluding hydrogens is 601 g/mol. The highest BCUT2D eigenvalue weighted by atomic mass is 79.9. The van der Waals surface area contributed by atoms with Crippen molar-refractivity contribution in [1.82, 2.24) is 14.3 Å². The van der Waals surface area contributed by atoms with Crippen LogP contribution in [-0.4, -0.2) is 97.7 Å². The van der Waals surface area contributed by atoms with Gasteiger partial charge in [0.1, 0.15) is 6.04 Å². The van der Waals surface area contributed by atoms with Gasteiger partial charge in [-0.25, -0.2) is 18.9 Å². The molecule has 0 bridgehead atoms. The summed E-state index contributed by atoms with van der Waals surface area (Å²) in [5.41, 5.74) is 2.81. The van der Waals surface area contributed by atoms with E-state index in [0.29, 0.717) is 80.8 Å². The number of carbonyl (C=O) groups is 1. The van der Waals surface area contributed by atoms with E-state index in [-0.39, 0.29) is 12.3 Å². The predicted octanol–water partition coefficient (Wildman–Crippen LogP) is 4.00. The third kappa shape index (κ3) is 6.27. The number of methoxy groups -OCH3 is 1. The van der Waals surface area contributed by atoms with Crippen LogP contribution in [0, 0.1) is 0 Å². The largest absolute Gasteiger partial charge is 0.469 e. The zero-order valence-corrected chi connectivity index (χ0v) is 24.7. The number of hydrogen-bond acceptors (Lipinski definition) is 9. The molecule has 212 valence electrons. The summed E-state index contributed by atoms with van der Waals surface area (Å²) in [4.78, 5) is 26.8. The predicted molar refractivity (Wildman–Crippen MR) is 154 cm³/mol. The average molecular weight is 632 g/mol. The van der Waals surface area contributed by atoms with Crippen LogP contribution in [0.5, 0.6) is 0 Å². The van der Waals surface area contributed by atoms with E-state index in [1.807, 2.05) is 45.7 Å². The highest BCUT2D eigenvalue weighted by Crippen LogP contribution is 2.56. The number of halogens is 1. The number of esters is 1. The molecule has 5 rings (SSSR count). The molecule has 3 aliphatic heterocycles. The lowest BCUT2D eigenvalue weighted by molar-refractivity contribution is -0.139. The number of carbonyl (C=O) groups excluding carboxylic acids is 1. The zero-order chi connectivity index (χ0) is 28.1. The standard InChI is InChI=1S/C27H31BrN5O6P/c1-19(17-24(34)36-2)25-27(39-40(35,32-9-13-37-14-10-32)33-11-15-38-16-12-33)30-22-7-6-20(28)18-21(22)26(31-25)23-5-3-4-8-29-23/h3-8,18,25H,1,9-17H2,2H3/t25-/m0/s1. The van der Waals surface area contributed by atoms with Gasteiger partial charge in [0.25, 0.3) is 0 Å². The maximum absolute atomic E-state index is 14.9. The lowest BCUT2D eigenvalue weighted by Gasteiger charge is -2.41. The van der Waals surface area contributed by atoms with E-state index in [4.69, 9.17) is 28.7 Å². The average Bonchev–Trinajstić information content (AvgIpc) is 3.14. The third-order valence-electron chi connectivity index (χ3n) is 6.73. The van der Waals surface area contributed by atoms with Crippen LogP contribution in [0.3, 0.4) is 0 Å². The number of fused-ring (bicyclic) bond motifs is 1. The molecule has 0 amide bonds. The Morgan fingerprint density at radius 2 is 1.77 bits per heavy atom. The van der Waals surface area contributed by atoms with Gasteiger partial charge in [-0.15, -0.1) is 0 Å². The van der Waals surface area contributed by atoms with Crippen LogP contribution in [0.2, 0.25) is 0 Å². The fraction of sp³-hybridized carbons (Fsp3) is 0.407. The first-order valence-corrected chi connectivity index (χ1v) is 15.3. The van der Waals surface area contributed by atoms with E-state index in [2.05, 4.69) is 27.5 Å². The topological polar surface area (TPSA) is 115 Å². The van der Waals surface area contributed by atoms with Gasteiger partial charge in [-0.3, -0.25) is 14.8 Å². The molecule has 2 aromatic rings. The van der Waals surface area contributed by atoms with Crippen molar-refractivity contribution in [3.8, 4) is 0 Å². The molecule has 1 aromatic carbocycles. The molecule has 0 unspecified atom stereocenters. The summed E-state index contributed by atoms with van der Waals surface area (Å²) in [6, 6.07) is 10.2. The van der Waals surface area contributed by atoms with Crippen LogP contribution in [0.25, 0.3) is 0 Å². The van der Waals surface area contributed by atoms with Gasteiger partial charge in [0.15, 0.2) is 0 Å². The van der Waals surface area contributed by atoms with Crippen LogP contribution in [0.4, 0.5) is 5.69 Å². The molecule has 4 heterocycles. The van der Waals surface area contributed by atoms with Crippen molar-refractivity contribution in [3.05, 3.63) is 70.5 Å². The van der Waals surface area contributed by atoms with Crippen molar-refractivity contribution in [2.45, 2.75) is 12.5 Å². The zero-order valence-electron chi connectivity index (χ0n) is 22.2. The molecule has 1 atom stereocenters. The number of benzene rings is 1. The summed E-state index contributed by atoms with van der Waals surface area (Å²) in [6.07, 6.45) is 1.56. The summed E-state index contributed by atoms with van der Waals surface area (Å²) in [5.74, 6) is -0.391. The van der Waals surface area contributed by atoms with Gasteiger partial charge in [0.2, 0.25) is 5.90 Å². The lowest BCUT2D eigenvalue weighted by atomic mass is 10.0. The van der Waals surface area contributed by atoms with Crippen LogP contribution < -0.4 is 0 Å². The Morgan fingerprint density at radius 3 is 2.38 bits per heavy atom. The van der Waals surface area contributed by atoms with Crippen molar-refractivity contribution in [1.29, 1.82) is 0 Å². The number of aliphatic imine (C=N–C) groups is 2. The number of hydrogen-bond donors (Lipinski definition) is 0. The Hall–Kier alpha value is -2.73. The van der Waals surface area contributed by atoms with E-state index in [1.54, 1.807) is 6.20 Å². The molecule has 3 aliphatic rings. The van der Waals surface area contributed by atoms with Crippen molar-refractivity contribution in [2.75, 3.05) is 59.7 Å². The molecule has 0 spiro atoms. The molecule has 0 aliphatic carbocycles. The summed E-state index contributed by atoms with van der Waals surface area (Å²) in [7, 11) is -2.35. The van der Waals surface area contributed by atoms with Crippen molar-refractivity contribution in [3.63, 3.8) is 0 Å². The quantitative estimate of drug-likeness (QED) is 0.254. The number of aromatic nitrogens is 1. The molecule has 13 heteroatoms. The minimum absolute atomic E-state index is 0.0877. The molecule has 0 saturated carbocycles. The van der Waals surface area contributed by atoms with E-state index < -0.39 is 19.7 Å². The van der Waals surface area contributed by atoms with Crippen LogP contribution in [0.1, 0.15) is 17.7 Å². The number of rotatable bonds is 7. The molecule has 1 aromatic heterocycles. The second-order valence-corrected chi connectivity index (χ2v) is 12.5. The van der Waals surface area contributed by atoms with Crippen LogP contribution in [-0.2, 0) is 28.1 Å². The fourth-order valence-corrected chi connectivity index (χ4v) is 7.33. The van der Waals surface area contributed by atoms with Crippen LogP contribution >= 0.6 is 23.6 Å². The number of ether oxygens (including phenoxy) is 3. The van der Waals surface area contributed by atoms with Crippen molar-refractivity contribution < 1.29 is 28.1 Å². The molecule has 2 fully saturated rings. The minimum atomic E-state index is -3.66. The Bertz CT molecular complexity index is 1340. The summed E-state index contributed by atoms with van der Waals surface area (Å²) in [6.45, 7) is 7.62. The monoisotopic (exact) mass is 631 g/mol. The van der Waals surface area contributed by atoms with Crippen LogP contribution in [0.15, 0.2) is 69.2 Å². The first-order valence-electron chi connectivity index (χ1n) is 13.0. The van der Waals surface area contributed by atoms with Gasteiger partial charge in [0.05, 0.1) is 57.1 Å². The van der Waals surface area contributed by atoms with E-state index >= 15 is 0 Å². The second-order valence-electron chi connectivity index (χ2n) is 9.33. The van der Waals surface area contributed by atoms with Gasteiger partial charge < -0.3 is 18.7 Å². The Morgan fingerprint density at radius 1 is 1.10 bits per heavy atom.